The fourth-order valence-corrected chi connectivity index (χ4v) is 2.47. The number of nitrogens with zero attached hydrogens (tertiary/aromatic N) is 2. The molecule has 1 atom stereocenters. The summed E-state index contributed by atoms with van der Waals surface area (Å²) in [5.74, 6) is 0. The van der Waals surface area contributed by atoms with Crippen molar-refractivity contribution < 1.29 is 5.11 Å². The summed E-state index contributed by atoms with van der Waals surface area (Å²) in [6, 6.07) is 6.08. The number of benzene rings is 1. The molecule has 1 unspecified atom stereocenters. The Hall–Kier alpha value is -1.26. The van der Waals surface area contributed by atoms with Gasteiger partial charge in [0.1, 0.15) is 6.10 Å². The van der Waals surface area contributed by atoms with Crippen LogP contribution in [0.1, 0.15) is 33.4 Å². The first-order valence-electron chi connectivity index (χ1n) is 5.13. The molecule has 16 heavy (non-hydrogen) atoms. The molecule has 0 radical (unpaired) electrons. The largest absolute Gasteiger partial charge is 0.383 e. The van der Waals surface area contributed by atoms with E-state index in [1.54, 1.807) is 0 Å². The smallest absolute Gasteiger partial charge is 0.117 e. The molecule has 2 rings (SSSR count). The van der Waals surface area contributed by atoms with Crippen molar-refractivity contribution in [2.24, 2.45) is 0 Å². The Morgan fingerprint density at radius 3 is 2.25 bits per heavy atom. The maximum atomic E-state index is 10.2. The Kier molecular flexibility index (Phi) is 3.03. The number of aromatic nitrogens is 2. The topological polar surface area (TPSA) is 46.0 Å². The van der Waals surface area contributed by atoms with Crippen molar-refractivity contribution in [1.29, 1.82) is 0 Å². The van der Waals surface area contributed by atoms with Crippen LogP contribution in [-0.2, 0) is 0 Å². The van der Waals surface area contributed by atoms with Gasteiger partial charge in [-0.15, -0.1) is 5.10 Å². The Morgan fingerprint density at radius 1 is 1.12 bits per heavy atom. The van der Waals surface area contributed by atoms with Crippen LogP contribution in [0, 0.1) is 20.8 Å². The lowest BCUT2D eigenvalue weighted by atomic mass is 10.0. The fourth-order valence-electron chi connectivity index (χ4n) is 1.81. The van der Waals surface area contributed by atoms with Gasteiger partial charge in [0.2, 0.25) is 0 Å². The van der Waals surface area contributed by atoms with Crippen molar-refractivity contribution in [3.8, 4) is 0 Å². The molecule has 0 aliphatic rings. The molecule has 0 spiro atoms. The SMILES string of the molecule is Cc1cc(C)cc(C(O)c2snnc2C)c1. The molecular formula is C12H14N2OS. The Balaban J connectivity index is 2.41. The number of hydrogen-bond acceptors (Lipinski definition) is 4. The third-order valence-electron chi connectivity index (χ3n) is 2.49. The zero-order chi connectivity index (χ0) is 11.7. The average molecular weight is 234 g/mol. The van der Waals surface area contributed by atoms with E-state index in [0.717, 1.165) is 27.3 Å². The Bertz CT molecular complexity index is 487. The molecule has 1 aromatic heterocycles. The van der Waals surface area contributed by atoms with E-state index in [4.69, 9.17) is 0 Å². The molecule has 2 aromatic rings. The summed E-state index contributed by atoms with van der Waals surface area (Å²) in [5, 5.41) is 14.2. The minimum Gasteiger partial charge on any atom is -0.383 e. The fraction of sp³-hybridized carbons (Fsp3) is 0.333. The molecule has 0 bridgehead atoms. The van der Waals surface area contributed by atoms with Crippen molar-refractivity contribution in [3.05, 3.63) is 45.5 Å². The first kappa shape index (κ1) is 11.2. The number of rotatable bonds is 2. The van der Waals surface area contributed by atoms with E-state index in [1.807, 2.05) is 32.9 Å². The third kappa shape index (κ3) is 2.13. The highest BCUT2D eigenvalue weighted by atomic mass is 32.1. The van der Waals surface area contributed by atoms with Gasteiger partial charge in [0.25, 0.3) is 0 Å². The molecule has 0 fully saturated rings. The standard InChI is InChI=1S/C12H14N2OS/c1-7-4-8(2)6-10(5-7)11(15)12-9(3)13-14-16-12/h4-6,11,15H,1-3H3. The van der Waals surface area contributed by atoms with E-state index in [-0.39, 0.29) is 0 Å². The van der Waals surface area contributed by atoms with Gasteiger partial charge in [0.05, 0.1) is 10.6 Å². The summed E-state index contributed by atoms with van der Waals surface area (Å²) < 4.78 is 3.84. The van der Waals surface area contributed by atoms with Gasteiger partial charge in [-0.05, 0) is 37.9 Å². The molecule has 0 amide bonds. The second-order valence-electron chi connectivity index (χ2n) is 4.05. The van der Waals surface area contributed by atoms with Crippen LogP contribution in [0.25, 0.3) is 0 Å². The van der Waals surface area contributed by atoms with E-state index in [9.17, 15) is 5.11 Å². The molecule has 84 valence electrons. The first-order chi connectivity index (χ1) is 7.58. The van der Waals surface area contributed by atoms with Crippen molar-refractivity contribution in [3.63, 3.8) is 0 Å². The van der Waals surface area contributed by atoms with Gasteiger partial charge in [-0.3, -0.25) is 0 Å². The molecule has 0 aliphatic carbocycles. The Labute approximate surface area is 98.9 Å². The van der Waals surface area contributed by atoms with Crippen LogP contribution in [-0.4, -0.2) is 14.7 Å². The predicted octanol–water partition coefficient (Wildman–Crippen LogP) is 2.55. The highest BCUT2D eigenvalue weighted by molar-refractivity contribution is 7.05. The zero-order valence-corrected chi connectivity index (χ0v) is 10.4. The number of aryl methyl sites for hydroxylation is 3. The van der Waals surface area contributed by atoms with Gasteiger partial charge < -0.3 is 5.11 Å². The van der Waals surface area contributed by atoms with Gasteiger partial charge in [0.15, 0.2) is 0 Å². The van der Waals surface area contributed by atoms with E-state index < -0.39 is 6.10 Å². The lowest BCUT2D eigenvalue weighted by Gasteiger charge is -2.11. The number of hydrogen-bond donors (Lipinski definition) is 1. The average Bonchev–Trinajstić information content (AvgIpc) is 2.62. The summed E-state index contributed by atoms with van der Waals surface area (Å²) in [4.78, 5) is 0.824. The summed E-state index contributed by atoms with van der Waals surface area (Å²) in [6.45, 7) is 5.92. The van der Waals surface area contributed by atoms with E-state index >= 15 is 0 Å². The maximum absolute atomic E-state index is 10.2. The second kappa shape index (κ2) is 4.31. The summed E-state index contributed by atoms with van der Waals surface area (Å²) in [6.07, 6.45) is -0.612. The molecule has 1 heterocycles. The highest BCUT2D eigenvalue weighted by Gasteiger charge is 2.16. The third-order valence-corrected chi connectivity index (χ3v) is 3.37. The quantitative estimate of drug-likeness (QED) is 0.868. The highest BCUT2D eigenvalue weighted by Crippen LogP contribution is 2.27. The monoisotopic (exact) mass is 234 g/mol. The van der Waals surface area contributed by atoms with Crippen molar-refractivity contribution in [2.45, 2.75) is 26.9 Å². The Morgan fingerprint density at radius 2 is 1.75 bits per heavy atom. The molecule has 1 aromatic carbocycles. The first-order valence-corrected chi connectivity index (χ1v) is 5.90. The lowest BCUT2D eigenvalue weighted by molar-refractivity contribution is 0.223. The summed E-state index contributed by atoms with van der Waals surface area (Å²) in [7, 11) is 0. The summed E-state index contributed by atoms with van der Waals surface area (Å²) in [5.41, 5.74) is 4.02. The van der Waals surface area contributed by atoms with E-state index in [0.29, 0.717) is 0 Å². The molecule has 0 saturated carbocycles. The van der Waals surface area contributed by atoms with Crippen LogP contribution < -0.4 is 0 Å². The van der Waals surface area contributed by atoms with Crippen LogP contribution >= 0.6 is 11.5 Å². The van der Waals surface area contributed by atoms with Crippen molar-refractivity contribution >= 4 is 11.5 Å². The van der Waals surface area contributed by atoms with Gasteiger partial charge in [-0.1, -0.05) is 33.8 Å². The van der Waals surface area contributed by atoms with Crippen LogP contribution in [0.4, 0.5) is 0 Å². The van der Waals surface area contributed by atoms with Crippen LogP contribution in [0.15, 0.2) is 18.2 Å². The van der Waals surface area contributed by atoms with Crippen LogP contribution in [0.3, 0.4) is 0 Å². The number of aliphatic hydroxyl groups is 1. The van der Waals surface area contributed by atoms with Gasteiger partial charge in [-0.25, -0.2) is 0 Å². The van der Waals surface area contributed by atoms with E-state index in [2.05, 4.69) is 15.7 Å². The van der Waals surface area contributed by atoms with Gasteiger partial charge in [0, 0.05) is 0 Å². The molecule has 1 N–H and O–H groups in total. The van der Waals surface area contributed by atoms with Gasteiger partial charge in [-0.2, -0.15) is 0 Å². The van der Waals surface area contributed by atoms with Crippen molar-refractivity contribution in [1.82, 2.24) is 9.59 Å². The minimum atomic E-state index is -0.612. The zero-order valence-electron chi connectivity index (χ0n) is 9.56. The lowest BCUT2D eigenvalue weighted by Crippen LogP contribution is -2.00. The predicted molar refractivity (Wildman–Crippen MR) is 64.6 cm³/mol. The van der Waals surface area contributed by atoms with Crippen LogP contribution in [0.2, 0.25) is 0 Å². The second-order valence-corrected chi connectivity index (χ2v) is 4.83. The van der Waals surface area contributed by atoms with Crippen LogP contribution in [0.5, 0.6) is 0 Å². The molecule has 0 aliphatic heterocycles. The summed E-state index contributed by atoms with van der Waals surface area (Å²) >= 11 is 1.25. The molecular weight excluding hydrogens is 220 g/mol. The van der Waals surface area contributed by atoms with E-state index in [1.165, 1.54) is 11.5 Å². The molecule has 0 saturated heterocycles. The maximum Gasteiger partial charge on any atom is 0.117 e. The number of aliphatic hydroxyl groups excluding tert-OH is 1. The molecule has 4 heteroatoms. The molecule has 3 nitrogen and oxygen atoms in total. The normalized spacial score (nSPS) is 12.8. The minimum absolute atomic E-state index is 0.612. The van der Waals surface area contributed by atoms with Gasteiger partial charge >= 0.3 is 0 Å². The van der Waals surface area contributed by atoms with Crippen molar-refractivity contribution in [2.75, 3.05) is 0 Å².